The van der Waals surface area contributed by atoms with Crippen LogP contribution >= 0.6 is 0 Å². The molecule has 0 aromatic carbocycles. The van der Waals surface area contributed by atoms with Crippen LogP contribution in [0.5, 0.6) is 0 Å². The lowest BCUT2D eigenvalue weighted by atomic mass is 10.0. The molecule has 3 atom stereocenters. The summed E-state index contributed by atoms with van der Waals surface area (Å²) >= 11 is 0. The van der Waals surface area contributed by atoms with Gasteiger partial charge in [0.25, 0.3) is 0 Å². The van der Waals surface area contributed by atoms with Crippen molar-refractivity contribution in [3.05, 3.63) is 24.3 Å². The molecule has 0 aromatic heterocycles. The Balaban J connectivity index is 3.58. The van der Waals surface area contributed by atoms with Gasteiger partial charge in [-0.25, -0.2) is 0 Å². The molecule has 0 heterocycles. The number of nitrogens with one attached hydrogen (secondary N) is 1. The number of rotatable bonds is 44. The molecule has 0 saturated heterocycles. The molecule has 0 aromatic rings. The number of aliphatic hydroxyl groups excluding tert-OH is 3. The fraction of sp³-hybridized carbons (Fsp3) is 0.898. The highest BCUT2D eigenvalue weighted by atomic mass is 16.3. The first kappa shape index (κ1) is 52.8. The van der Waals surface area contributed by atoms with Crippen LogP contribution in [0.15, 0.2) is 24.3 Å². The van der Waals surface area contributed by atoms with Gasteiger partial charge in [0, 0.05) is 6.42 Å². The average Bonchev–Trinajstić information content (AvgIpc) is 3.18. The number of aliphatic hydroxyl groups is 3. The van der Waals surface area contributed by atoms with Crippen molar-refractivity contribution in [1.82, 2.24) is 5.32 Å². The predicted octanol–water partition coefficient (Wildman–Crippen LogP) is 14.2. The van der Waals surface area contributed by atoms with Crippen molar-refractivity contribution in [3.63, 3.8) is 0 Å². The maximum atomic E-state index is 12.4. The molecule has 0 aliphatic rings. The minimum absolute atomic E-state index is 0.154. The molecule has 0 bridgehead atoms. The summed E-state index contributed by atoms with van der Waals surface area (Å²) < 4.78 is 0. The zero-order valence-corrected chi connectivity index (χ0v) is 36.4. The van der Waals surface area contributed by atoms with Gasteiger partial charge in [0.1, 0.15) is 6.10 Å². The van der Waals surface area contributed by atoms with Gasteiger partial charge in [-0.05, 0) is 51.4 Å². The van der Waals surface area contributed by atoms with Crippen LogP contribution in [0, 0.1) is 0 Å². The van der Waals surface area contributed by atoms with Gasteiger partial charge >= 0.3 is 0 Å². The van der Waals surface area contributed by atoms with Crippen LogP contribution < -0.4 is 5.32 Å². The van der Waals surface area contributed by atoms with Gasteiger partial charge in [-0.3, -0.25) is 4.79 Å². The van der Waals surface area contributed by atoms with Crippen molar-refractivity contribution in [1.29, 1.82) is 0 Å². The molecule has 0 rings (SSSR count). The molecular formula is C49H95NO4. The molecule has 0 fully saturated rings. The first-order chi connectivity index (χ1) is 26.6. The van der Waals surface area contributed by atoms with E-state index in [4.69, 9.17) is 0 Å². The van der Waals surface area contributed by atoms with E-state index in [0.717, 1.165) is 44.9 Å². The lowest BCUT2D eigenvalue weighted by molar-refractivity contribution is -0.124. The van der Waals surface area contributed by atoms with E-state index in [1.54, 1.807) is 0 Å². The third kappa shape index (κ3) is 39.1. The number of amides is 1. The summed E-state index contributed by atoms with van der Waals surface area (Å²) in [4.78, 5) is 12.4. The molecule has 0 spiro atoms. The summed E-state index contributed by atoms with van der Waals surface area (Å²) in [7, 11) is 0. The number of carbonyl (C=O) groups excluding carboxylic acids is 1. The number of allylic oxidation sites excluding steroid dienone is 4. The van der Waals surface area contributed by atoms with Gasteiger partial charge in [0.15, 0.2) is 0 Å². The van der Waals surface area contributed by atoms with Gasteiger partial charge in [-0.1, -0.05) is 224 Å². The fourth-order valence-electron chi connectivity index (χ4n) is 7.53. The zero-order valence-electron chi connectivity index (χ0n) is 36.4. The van der Waals surface area contributed by atoms with Crippen LogP contribution in [-0.4, -0.2) is 46.1 Å². The highest BCUT2D eigenvalue weighted by molar-refractivity contribution is 5.76. The monoisotopic (exact) mass is 762 g/mol. The summed E-state index contributed by atoms with van der Waals surface area (Å²) in [5.41, 5.74) is 0. The van der Waals surface area contributed by atoms with Crippen LogP contribution in [-0.2, 0) is 4.79 Å². The van der Waals surface area contributed by atoms with Crippen molar-refractivity contribution in [2.24, 2.45) is 0 Å². The highest BCUT2D eigenvalue weighted by Crippen LogP contribution is 2.17. The second-order valence-corrected chi connectivity index (χ2v) is 16.7. The van der Waals surface area contributed by atoms with Crippen LogP contribution in [0.2, 0.25) is 0 Å². The first-order valence-electron chi connectivity index (χ1n) is 24.1. The summed E-state index contributed by atoms with van der Waals surface area (Å²) in [6.07, 6.45) is 54.5. The Kier molecular flexibility index (Phi) is 43.6. The number of carbonyl (C=O) groups is 1. The van der Waals surface area contributed by atoms with Crippen molar-refractivity contribution in [2.75, 3.05) is 6.61 Å². The molecule has 3 unspecified atom stereocenters. The Bertz CT molecular complexity index is 799. The molecule has 0 aliphatic carbocycles. The van der Waals surface area contributed by atoms with E-state index in [2.05, 4.69) is 43.5 Å². The zero-order chi connectivity index (χ0) is 39.4. The molecule has 5 nitrogen and oxygen atoms in total. The summed E-state index contributed by atoms with van der Waals surface area (Å²) in [5.74, 6) is -0.154. The smallest absolute Gasteiger partial charge is 0.220 e. The average molecular weight is 762 g/mol. The second-order valence-electron chi connectivity index (χ2n) is 16.7. The molecule has 4 N–H and O–H groups in total. The highest BCUT2D eigenvalue weighted by Gasteiger charge is 2.26. The lowest BCUT2D eigenvalue weighted by Gasteiger charge is -2.26. The normalized spacial score (nSPS) is 13.6. The summed E-state index contributed by atoms with van der Waals surface area (Å²) in [5, 5.41) is 33.5. The van der Waals surface area contributed by atoms with Crippen molar-refractivity contribution < 1.29 is 20.1 Å². The third-order valence-electron chi connectivity index (χ3n) is 11.3. The minimum Gasteiger partial charge on any atom is -0.394 e. The summed E-state index contributed by atoms with van der Waals surface area (Å²) in [6.45, 7) is 4.17. The third-order valence-corrected chi connectivity index (χ3v) is 11.3. The van der Waals surface area contributed by atoms with Gasteiger partial charge in [0.2, 0.25) is 5.91 Å². The van der Waals surface area contributed by atoms with Crippen LogP contribution in [0.3, 0.4) is 0 Å². The molecule has 0 aliphatic heterocycles. The molecule has 0 radical (unpaired) electrons. The van der Waals surface area contributed by atoms with E-state index in [-0.39, 0.29) is 12.5 Å². The van der Waals surface area contributed by atoms with Crippen molar-refractivity contribution in [3.8, 4) is 0 Å². The Morgan fingerprint density at radius 1 is 0.444 bits per heavy atom. The maximum Gasteiger partial charge on any atom is 0.220 e. The van der Waals surface area contributed by atoms with Gasteiger partial charge in [-0.15, -0.1) is 0 Å². The van der Waals surface area contributed by atoms with E-state index >= 15 is 0 Å². The molecular weight excluding hydrogens is 667 g/mol. The molecule has 320 valence electrons. The second kappa shape index (κ2) is 44.5. The van der Waals surface area contributed by atoms with E-state index in [1.165, 1.54) is 186 Å². The Labute approximate surface area is 337 Å². The lowest BCUT2D eigenvalue weighted by Crippen LogP contribution is -2.50. The Morgan fingerprint density at radius 2 is 0.759 bits per heavy atom. The topological polar surface area (TPSA) is 89.8 Å². The van der Waals surface area contributed by atoms with Crippen LogP contribution in [0.1, 0.15) is 258 Å². The Hall–Kier alpha value is -1.17. The fourth-order valence-corrected chi connectivity index (χ4v) is 7.53. The molecule has 0 saturated carbocycles. The predicted molar refractivity (Wildman–Crippen MR) is 236 cm³/mol. The number of hydrogen-bond donors (Lipinski definition) is 4. The maximum absolute atomic E-state index is 12.4. The number of hydrogen-bond acceptors (Lipinski definition) is 4. The molecule has 1 amide bonds. The SMILES string of the molecule is CCCCCCCC/C=C/CC/C=C/CCCC(O)C(O)C(CO)NC(=O)CCCCCCCCCCCCCCCCCCCCCCCCCCC. The van der Waals surface area contributed by atoms with Gasteiger partial charge < -0.3 is 20.6 Å². The van der Waals surface area contributed by atoms with Gasteiger partial charge in [-0.2, -0.15) is 0 Å². The number of unbranched alkanes of at least 4 members (excludes halogenated alkanes) is 32. The first-order valence-corrected chi connectivity index (χ1v) is 24.1. The van der Waals surface area contributed by atoms with E-state index in [0.29, 0.717) is 12.8 Å². The van der Waals surface area contributed by atoms with Crippen molar-refractivity contribution >= 4 is 5.91 Å². The quantitative estimate of drug-likeness (QED) is 0.0368. The standard InChI is InChI=1S/C49H95NO4/c1-3-5-7-9-11-13-15-17-19-20-21-22-23-24-25-26-27-28-30-32-34-36-38-40-42-44-48(53)50-46(45-51)49(54)47(52)43-41-39-37-35-33-31-29-18-16-14-12-10-8-6-4-2/h18,29,35,37,46-47,49,51-52,54H,3-17,19-28,30-34,36,38-45H2,1-2H3,(H,50,53)/b29-18+,37-35+. The van der Waals surface area contributed by atoms with Crippen molar-refractivity contribution in [2.45, 2.75) is 276 Å². The molecule has 5 heteroatoms. The van der Waals surface area contributed by atoms with E-state index < -0.39 is 18.2 Å². The molecule has 54 heavy (non-hydrogen) atoms. The largest absolute Gasteiger partial charge is 0.394 e. The van der Waals surface area contributed by atoms with E-state index in [1.807, 2.05) is 0 Å². The summed E-state index contributed by atoms with van der Waals surface area (Å²) in [6, 6.07) is -0.828. The minimum atomic E-state index is -1.16. The Morgan fingerprint density at radius 3 is 1.13 bits per heavy atom. The van der Waals surface area contributed by atoms with Gasteiger partial charge in [0.05, 0.1) is 18.8 Å². The van der Waals surface area contributed by atoms with Crippen LogP contribution in [0.25, 0.3) is 0 Å². The van der Waals surface area contributed by atoms with E-state index in [9.17, 15) is 20.1 Å². The van der Waals surface area contributed by atoms with Crippen LogP contribution in [0.4, 0.5) is 0 Å².